The topological polar surface area (TPSA) is 60.4 Å². The van der Waals surface area contributed by atoms with Gasteiger partial charge in [-0.3, -0.25) is 0 Å². The van der Waals surface area contributed by atoms with Crippen LogP contribution in [0.25, 0.3) is 10.9 Å². The largest absolute Gasteiger partial charge is 0.480 e. The highest BCUT2D eigenvalue weighted by Gasteiger charge is 2.20. The Bertz CT molecular complexity index is 633. The highest BCUT2D eigenvalue weighted by atomic mass is 16.5. The number of pyridine rings is 1. The molecule has 0 spiro atoms. The Morgan fingerprint density at radius 3 is 2.60 bits per heavy atom. The van der Waals surface area contributed by atoms with Crippen molar-refractivity contribution < 1.29 is 9.47 Å². The van der Waals surface area contributed by atoms with Gasteiger partial charge in [0.05, 0.1) is 25.8 Å². The van der Waals surface area contributed by atoms with Gasteiger partial charge in [-0.05, 0) is 19.9 Å². The maximum Gasteiger partial charge on any atom is 0.226 e. The molecule has 3 heterocycles. The van der Waals surface area contributed by atoms with Gasteiger partial charge in [-0.1, -0.05) is 0 Å². The maximum atomic E-state index is 5.43. The zero-order chi connectivity index (χ0) is 14.1. The van der Waals surface area contributed by atoms with E-state index in [1.807, 2.05) is 19.9 Å². The number of aromatic nitrogens is 3. The van der Waals surface area contributed by atoms with Gasteiger partial charge in [0.15, 0.2) is 0 Å². The predicted molar refractivity (Wildman–Crippen MR) is 76.4 cm³/mol. The van der Waals surface area contributed by atoms with Crippen molar-refractivity contribution in [2.24, 2.45) is 0 Å². The van der Waals surface area contributed by atoms with E-state index >= 15 is 0 Å². The Hall–Kier alpha value is -1.95. The molecule has 6 heteroatoms. The molecular weight excluding hydrogens is 256 g/mol. The molecule has 0 bridgehead atoms. The minimum atomic E-state index is 0.585. The monoisotopic (exact) mass is 274 g/mol. The van der Waals surface area contributed by atoms with E-state index in [9.17, 15) is 0 Å². The van der Waals surface area contributed by atoms with Gasteiger partial charge in [0, 0.05) is 18.8 Å². The third-order valence-corrected chi connectivity index (χ3v) is 3.37. The van der Waals surface area contributed by atoms with E-state index in [2.05, 4.69) is 19.9 Å². The maximum absolute atomic E-state index is 5.43. The lowest BCUT2D eigenvalue weighted by molar-refractivity contribution is 0.122. The van der Waals surface area contributed by atoms with Gasteiger partial charge in [-0.25, -0.2) is 15.0 Å². The molecule has 3 rings (SSSR count). The van der Waals surface area contributed by atoms with E-state index < -0.39 is 0 Å². The molecule has 106 valence electrons. The van der Waals surface area contributed by atoms with Crippen LogP contribution in [0.5, 0.6) is 5.88 Å². The lowest BCUT2D eigenvalue weighted by Crippen LogP contribution is -2.37. The van der Waals surface area contributed by atoms with Gasteiger partial charge >= 0.3 is 0 Å². The number of hydrogen-bond acceptors (Lipinski definition) is 6. The molecular formula is C14H18N4O2. The fraction of sp³-hybridized carbons (Fsp3) is 0.500. The highest BCUT2D eigenvalue weighted by molar-refractivity contribution is 5.94. The van der Waals surface area contributed by atoms with Crippen LogP contribution in [0.15, 0.2) is 6.07 Å². The van der Waals surface area contributed by atoms with Gasteiger partial charge in [-0.15, -0.1) is 0 Å². The normalized spacial score (nSPS) is 15.7. The van der Waals surface area contributed by atoms with Crippen LogP contribution >= 0.6 is 0 Å². The molecule has 0 aliphatic carbocycles. The second kappa shape index (κ2) is 5.20. The van der Waals surface area contributed by atoms with Crippen LogP contribution in [0.2, 0.25) is 0 Å². The minimum Gasteiger partial charge on any atom is -0.480 e. The van der Waals surface area contributed by atoms with Crippen LogP contribution in [-0.4, -0.2) is 48.4 Å². The van der Waals surface area contributed by atoms with Gasteiger partial charge in [0.2, 0.25) is 5.88 Å². The fourth-order valence-corrected chi connectivity index (χ4v) is 2.49. The standard InChI is InChI=1S/C14H18N4O2/c1-9-8-11-12(14(15-9)19-3)13(17-10(2)16-11)18-4-6-20-7-5-18/h8H,4-7H2,1-3H3. The van der Waals surface area contributed by atoms with Gasteiger partial charge in [0.25, 0.3) is 0 Å². The number of ether oxygens (including phenoxy) is 2. The van der Waals surface area contributed by atoms with Crippen molar-refractivity contribution in [3.63, 3.8) is 0 Å². The van der Waals surface area contributed by atoms with Crippen molar-refractivity contribution in [2.45, 2.75) is 13.8 Å². The first kappa shape index (κ1) is 13.1. The van der Waals surface area contributed by atoms with Gasteiger partial charge in [0.1, 0.15) is 17.0 Å². The molecule has 2 aromatic rings. The molecule has 0 atom stereocenters. The summed E-state index contributed by atoms with van der Waals surface area (Å²) in [7, 11) is 1.63. The molecule has 0 amide bonds. The molecule has 2 aromatic heterocycles. The van der Waals surface area contributed by atoms with E-state index in [0.29, 0.717) is 19.1 Å². The minimum absolute atomic E-state index is 0.585. The first-order valence-corrected chi connectivity index (χ1v) is 6.71. The number of rotatable bonds is 2. The molecule has 1 aliphatic heterocycles. The lowest BCUT2D eigenvalue weighted by Gasteiger charge is -2.29. The Labute approximate surface area is 117 Å². The molecule has 20 heavy (non-hydrogen) atoms. The number of anilines is 1. The average Bonchev–Trinajstić information content (AvgIpc) is 2.46. The summed E-state index contributed by atoms with van der Waals surface area (Å²) in [4.78, 5) is 15.8. The second-order valence-electron chi connectivity index (χ2n) is 4.86. The third-order valence-electron chi connectivity index (χ3n) is 3.37. The molecule has 6 nitrogen and oxygen atoms in total. The number of nitrogens with zero attached hydrogens (tertiary/aromatic N) is 4. The summed E-state index contributed by atoms with van der Waals surface area (Å²) >= 11 is 0. The molecule has 1 fully saturated rings. The van der Waals surface area contributed by atoms with Crippen LogP contribution in [-0.2, 0) is 4.74 Å². The first-order valence-electron chi connectivity index (χ1n) is 6.71. The molecule has 0 saturated carbocycles. The van der Waals surface area contributed by atoms with Crippen LogP contribution in [0.1, 0.15) is 11.5 Å². The van der Waals surface area contributed by atoms with E-state index in [-0.39, 0.29) is 0 Å². The molecule has 1 saturated heterocycles. The van der Waals surface area contributed by atoms with Crippen LogP contribution in [0.4, 0.5) is 5.82 Å². The summed E-state index contributed by atoms with van der Waals surface area (Å²) in [6, 6.07) is 1.97. The van der Waals surface area contributed by atoms with Gasteiger partial charge in [-0.2, -0.15) is 0 Å². The molecule has 1 aliphatic rings. The number of morpholine rings is 1. The Morgan fingerprint density at radius 1 is 1.15 bits per heavy atom. The van der Waals surface area contributed by atoms with Crippen molar-refractivity contribution in [3.05, 3.63) is 17.6 Å². The SMILES string of the molecule is COc1nc(C)cc2nc(C)nc(N3CCOCC3)c12. The van der Waals surface area contributed by atoms with Crippen molar-refractivity contribution in [1.82, 2.24) is 15.0 Å². The predicted octanol–water partition coefficient (Wildman–Crippen LogP) is 1.49. The highest BCUT2D eigenvalue weighted by Crippen LogP contribution is 2.31. The fourth-order valence-electron chi connectivity index (χ4n) is 2.49. The Balaban J connectivity index is 2.23. The summed E-state index contributed by atoms with van der Waals surface area (Å²) in [6.45, 7) is 6.92. The van der Waals surface area contributed by atoms with Crippen LogP contribution in [0.3, 0.4) is 0 Å². The smallest absolute Gasteiger partial charge is 0.226 e. The summed E-state index contributed by atoms with van der Waals surface area (Å²) in [5, 5.41) is 0.880. The van der Waals surface area contributed by atoms with Crippen molar-refractivity contribution in [1.29, 1.82) is 0 Å². The van der Waals surface area contributed by atoms with Crippen molar-refractivity contribution in [3.8, 4) is 5.88 Å². The van der Waals surface area contributed by atoms with Gasteiger partial charge < -0.3 is 14.4 Å². The quantitative estimate of drug-likeness (QED) is 0.827. The second-order valence-corrected chi connectivity index (χ2v) is 4.86. The van der Waals surface area contributed by atoms with E-state index in [1.54, 1.807) is 7.11 Å². The number of methoxy groups -OCH3 is 1. The Kier molecular flexibility index (Phi) is 3.40. The number of aryl methyl sites for hydroxylation is 2. The summed E-state index contributed by atoms with van der Waals surface area (Å²) in [6.07, 6.45) is 0. The van der Waals surface area contributed by atoms with E-state index in [1.165, 1.54) is 0 Å². The zero-order valence-electron chi connectivity index (χ0n) is 12.0. The molecule has 0 radical (unpaired) electrons. The molecule has 0 aromatic carbocycles. The Morgan fingerprint density at radius 2 is 1.90 bits per heavy atom. The van der Waals surface area contributed by atoms with E-state index in [0.717, 1.165) is 41.3 Å². The number of fused-ring (bicyclic) bond motifs is 1. The van der Waals surface area contributed by atoms with Crippen molar-refractivity contribution in [2.75, 3.05) is 38.3 Å². The number of hydrogen-bond donors (Lipinski definition) is 0. The first-order chi connectivity index (χ1) is 9.69. The average molecular weight is 274 g/mol. The molecule has 0 N–H and O–H groups in total. The van der Waals surface area contributed by atoms with Crippen LogP contribution in [0, 0.1) is 13.8 Å². The lowest BCUT2D eigenvalue weighted by atomic mass is 10.2. The van der Waals surface area contributed by atoms with E-state index in [4.69, 9.17) is 9.47 Å². The third kappa shape index (κ3) is 2.27. The van der Waals surface area contributed by atoms with Crippen LogP contribution < -0.4 is 9.64 Å². The summed E-state index contributed by atoms with van der Waals surface area (Å²) in [5.74, 6) is 2.23. The summed E-state index contributed by atoms with van der Waals surface area (Å²) < 4.78 is 10.8. The van der Waals surface area contributed by atoms with Crippen molar-refractivity contribution >= 4 is 16.7 Å². The molecule has 0 unspecified atom stereocenters. The zero-order valence-corrected chi connectivity index (χ0v) is 12.0. The summed E-state index contributed by atoms with van der Waals surface area (Å²) in [5.41, 5.74) is 1.77.